The second-order valence-corrected chi connectivity index (χ2v) is 4.00. The van der Waals surface area contributed by atoms with Crippen LogP contribution in [0.3, 0.4) is 0 Å². The van der Waals surface area contributed by atoms with Gasteiger partial charge in [0.15, 0.2) is 0 Å². The second kappa shape index (κ2) is 6.09. The van der Waals surface area contributed by atoms with Crippen LogP contribution in [0.4, 0.5) is 4.39 Å². The first-order chi connectivity index (χ1) is 7.19. The van der Waals surface area contributed by atoms with Crippen LogP contribution in [0, 0.1) is 5.82 Å². The SMILES string of the molecule is CCC(CC)NCc1c(F)cccc1Cl. The minimum absolute atomic E-state index is 0.235. The fourth-order valence-corrected chi connectivity index (χ4v) is 1.75. The number of nitrogens with one attached hydrogen (secondary N) is 1. The largest absolute Gasteiger partial charge is 0.310 e. The molecule has 0 bridgehead atoms. The zero-order chi connectivity index (χ0) is 11.3. The maximum Gasteiger partial charge on any atom is 0.129 e. The summed E-state index contributed by atoms with van der Waals surface area (Å²) in [6.07, 6.45) is 2.09. The Hall–Kier alpha value is -0.600. The Morgan fingerprint density at radius 2 is 2.00 bits per heavy atom. The van der Waals surface area contributed by atoms with Crippen LogP contribution in [0.2, 0.25) is 5.02 Å². The van der Waals surface area contributed by atoms with Gasteiger partial charge in [-0.25, -0.2) is 4.39 Å². The van der Waals surface area contributed by atoms with Gasteiger partial charge in [-0.3, -0.25) is 0 Å². The number of benzene rings is 1. The molecule has 0 amide bonds. The fourth-order valence-electron chi connectivity index (χ4n) is 1.52. The minimum atomic E-state index is -0.235. The smallest absolute Gasteiger partial charge is 0.129 e. The van der Waals surface area contributed by atoms with Gasteiger partial charge in [-0.1, -0.05) is 31.5 Å². The summed E-state index contributed by atoms with van der Waals surface area (Å²) in [5.41, 5.74) is 0.561. The van der Waals surface area contributed by atoms with Crippen LogP contribution in [0.5, 0.6) is 0 Å². The third-order valence-corrected chi connectivity index (χ3v) is 2.97. The molecule has 3 heteroatoms. The topological polar surface area (TPSA) is 12.0 Å². The molecular weight excluding hydrogens is 213 g/mol. The van der Waals surface area contributed by atoms with E-state index in [4.69, 9.17) is 11.6 Å². The average molecular weight is 230 g/mol. The van der Waals surface area contributed by atoms with Gasteiger partial charge < -0.3 is 5.32 Å². The molecule has 0 saturated carbocycles. The first-order valence-corrected chi connectivity index (χ1v) is 5.73. The van der Waals surface area contributed by atoms with Crippen LogP contribution < -0.4 is 5.32 Å². The van der Waals surface area contributed by atoms with Gasteiger partial charge in [-0.05, 0) is 25.0 Å². The lowest BCUT2D eigenvalue weighted by atomic mass is 10.1. The summed E-state index contributed by atoms with van der Waals surface area (Å²) >= 11 is 5.92. The van der Waals surface area contributed by atoms with Crippen molar-refractivity contribution in [2.75, 3.05) is 0 Å². The lowest BCUT2D eigenvalue weighted by molar-refractivity contribution is 0.475. The van der Waals surface area contributed by atoms with Crippen LogP contribution in [0.15, 0.2) is 18.2 Å². The van der Waals surface area contributed by atoms with Crippen molar-refractivity contribution in [1.82, 2.24) is 5.32 Å². The third kappa shape index (κ3) is 3.47. The highest BCUT2D eigenvalue weighted by molar-refractivity contribution is 6.31. The zero-order valence-corrected chi connectivity index (χ0v) is 9.94. The molecule has 0 aromatic heterocycles. The van der Waals surface area contributed by atoms with E-state index in [2.05, 4.69) is 19.2 Å². The van der Waals surface area contributed by atoms with E-state index < -0.39 is 0 Å². The molecule has 1 aromatic carbocycles. The Labute approximate surface area is 95.6 Å². The third-order valence-electron chi connectivity index (χ3n) is 2.61. The first kappa shape index (κ1) is 12.5. The van der Waals surface area contributed by atoms with Crippen molar-refractivity contribution in [3.8, 4) is 0 Å². The molecule has 0 saturated heterocycles. The molecule has 0 heterocycles. The summed E-state index contributed by atoms with van der Waals surface area (Å²) in [7, 11) is 0. The lowest BCUT2D eigenvalue weighted by Crippen LogP contribution is -2.27. The van der Waals surface area contributed by atoms with Crippen molar-refractivity contribution in [1.29, 1.82) is 0 Å². The fraction of sp³-hybridized carbons (Fsp3) is 0.500. The molecule has 1 N–H and O–H groups in total. The summed E-state index contributed by atoms with van der Waals surface area (Å²) in [5.74, 6) is -0.235. The zero-order valence-electron chi connectivity index (χ0n) is 9.19. The van der Waals surface area contributed by atoms with E-state index in [-0.39, 0.29) is 5.82 Å². The van der Waals surface area contributed by atoms with E-state index in [0.29, 0.717) is 23.2 Å². The Balaban J connectivity index is 2.64. The predicted molar refractivity (Wildman–Crippen MR) is 62.6 cm³/mol. The van der Waals surface area contributed by atoms with E-state index in [1.807, 2.05) is 0 Å². The summed E-state index contributed by atoms with van der Waals surface area (Å²) in [5, 5.41) is 3.79. The van der Waals surface area contributed by atoms with Crippen LogP contribution in [0.1, 0.15) is 32.3 Å². The number of hydrogen-bond donors (Lipinski definition) is 1. The van der Waals surface area contributed by atoms with Gasteiger partial charge in [0, 0.05) is 23.2 Å². The summed E-state index contributed by atoms with van der Waals surface area (Å²) < 4.78 is 13.4. The van der Waals surface area contributed by atoms with E-state index >= 15 is 0 Å². The van der Waals surface area contributed by atoms with Crippen LogP contribution in [-0.4, -0.2) is 6.04 Å². The maximum atomic E-state index is 13.4. The molecule has 1 rings (SSSR count). The molecule has 0 spiro atoms. The summed E-state index contributed by atoms with van der Waals surface area (Å²) in [6.45, 7) is 4.73. The van der Waals surface area contributed by atoms with Gasteiger partial charge in [0.2, 0.25) is 0 Å². The first-order valence-electron chi connectivity index (χ1n) is 5.35. The molecule has 0 fully saturated rings. The molecule has 0 radical (unpaired) electrons. The number of rotatable bonds is 5. The van der Waals surface area contributed by atoms with Gasteiger partial charge in [-0.15, -0.1) is 0 Å². The normalized spacial score (nSPS) is 11.0. The summed E-state index contributed by atoms with van der Waals surface area (Å²) in [4.78, 5) is 0. The number of hydrogen-bond acceptors (Lipinski definition) is 1. The molecule has 0 atom stereocenters. The monoisotopic (exact) mass is 229 g/mol. The highest BCUT2D eigenvalue weighted by Crippen LogP contribution is 2.18. The molecule has 15 heavy (non-hydrogen) atoms. The molecule has 0 aliphatic rings. The van der Waals surface area contributed by atoms with Crippen molar-refractivity contribution in [2.45, 2.75) is 39.3 Å². The Morgan fingerprint density at radius 1 is 1.33 bits per heavy atom. The van der Waals surface area contributed by atoms with Gasteiger partial charge in [-0.2, -0.15) is 0 Å². The number of halogens is 2. The average Bonchev–Trinajstić information content (AvgIpc) is 2.23. The summed E-state index contributed by atoms with van der Waals surface area (Å²) in [6, 6.07) is 5.21. The van der Waals surface area contributed by atoms with E-state index in [0.717, 1.165) is 12.8 Å². The van der Waals surface area contributed by atoms with Gasteiger partial charge >= 0.3 is 0 Å². The van der Waals surface area contributed by atoms with E-state index in [1.165, 1.54) is 6.07 Å². The van der Waals surface area contributed by atoms with Crippen molar-refractivity contribution in [3.05, 3.63) is 34.6 Å². The quantitative estimate of drug-likeness (QED) is 0.811. The van der Waals surface area contributed by atoms with E-state index in [1.54, 1.807) is 12.1 Å². The molecule has 0 unspecified atom stereocenters. The van der Waals surface area contributed by atoms with E-state index in [9.17, 15) is 4.39 Å². The van der Waals surface area contributed by atoms with Crippen LogP contribution in [-0.2, 0) is 6.54 Å². The second-order valence-electron chi connectivity index (χ2n) is 3.59. The Morgan fingerprint density at radius 3 is 2.53 bits per heavy atom. The van der Waals surface area contributed by atoms with Crippen LogP contribution in [0.25, 0.3) is 0 Å². The van der Waals surface area contributed by atoms with Crippen LogP contribution >= 0.6 is 11.6 Å². The van der Waals surface area contributed by atoms with Gasteiger partial charge in [0.1, 0.15) is 5.82 Å². The molecule has 0 aliphatic carbocycles. The Bertz CT molecular complexity index is 290. The molecular formula is C12H17ClFN. The maximum absolute atomic E-state index is 13.4. The highest BCUT2D eigenvalue weighted by Gasteiger charge is 2.08. The molecule has 1 aromatic rings. The molecule has 1 nitrogen and oxygen atoms in total. The predicted octanol–water partition coefficient (Wildman–Crippen LogP) is 3.76. The Kier molecular flexibility index (Phi) is 5.06. The standard InChI is InChI=1S/C12H17ClFN/c1-3-9(4-2)15-8-10-11(13)6-5-7-12(10)14/h5-7,9,15H,3-4,8H2,1-2H3. The minimum Gasteiger partial charge on any atom is -0.310 e. The van der Waals surface area contributed by atoms with Crippen molar-refractivity contribution in [3.63, 3.8) is 0 Å². The van der Waals surface area contributed by atoms with Crippen molar-refractivity contribution < 1.29 is 4.39 Å². The lowest BCUT2D eigenvalue weighted by Gasteiger charge is -2.15. The van der Waals surface area contributed by atoms with Gasteiger partial charge in [0.25, 0.3) is 0 Å². The highest BCUT2D eigenvalue weighted by atomic mass is 35.5. The van der Waals surface area contributed by atoms with Crippen molar-refractivity contribution in [2.24, 2.45) is 0 Å². The van der Waals surface area contributed by atoms with Crippen molar-refractivity contribution >= 4 is 11.6 Å². The van der Waals surface area contributed by atoms with Gasteiger partial charge in [0.05, 0.1) is 0 Å². The molecule has 84 valence electrons. The molecule has 0 aliphatic heterocycles.